The molecule has 6 heteroatoms. The summed E-state index contributed by atoms with van der Waals surface area (Å²) < 4.78 is 5.83. The summed E-state index contributed by atoms with van der Waals surface area (Å²) in [5.74, 6) is 0.0762. The van der Waals surface area contributed by atoms with Gasteiger partial charge in [-0.1, -0.05) is 48.5 Å². The van der Waals surface area contributed by atoms with Crippen molar-refractivity contribution in [3.05, 3.63) is 82.9 Å². The second-order valence-electron chi connectivity index (χ2n) is 8.81. The molecule has 0 bridgehead atoms. The summed E-state index contributed by atoms with van der Waals surface area (Å²) in [5.41, 5.74) is 20.9. The van der Waals surface area contributed by atoms with Gasteiger partial charge in [0.15, 0.2) is 0 Å². The van der Waals surface area contributed by atoms with Gasteiger partial charge in [0, 0.05) is 50.0 Å². The van der Waals surface area contributed by atoms with Crippen molar-refractivity contribution in [2.75, 3.05) is 43.4 Å². The normalized spacial score (nSPS) is 15.3. The molecule has 2 aliphatic rings. The van der Waals surface area contributed by atoms with Crippen molar-refractivity contribution in [1.29, 1.82) is 0 Å². The molecule has 1 aliphatic heterocycles. The Kier molecular flexibility index (Phi) is 5.68. The Labute approximate surface area is 194 Å². The zero-order valence-corrected chi connectivity index (χ0v) is 19.0. The molecule has 1 aliphatic carbocycles. The Morgan fingerprint density at radius 3 is 2.18 bits per heavy atom. The molecule has 0 atom stereocenters. The van der Waals surface area contributed by atoms with Gasteiger partial charge in [0.05, 0.1) is 0 Å². The summed E-state index contributed by atoms with van der Waals surface area (Å²) in [7, 11) is 0. The van der Waals surface area contributed by atoms with Gasteiger partial charge in [-0.15, -0.1) is 0 Å². The number of nitrogen functional groups attached to an aromatic ring is 1. The van der Waals surface area contributed by atoms with Crippen LogP contribution in [-0.4, -0.2) is 43.8 Å². The van der Waals surface area contributed by atoms with E-state index in [1.807, 2.05) is 24.3 Å². The lowest BCUT2D eigenvalue weighted by atomic mass is 9.98. The molecule has 3 aromatic carbocycles. The zero-order valence-electron chi connectivity index (χ0n) is 19.0. The number of piperazine rings is 1. The molecule has 1 amide bonds. The zero-order chi connectivity index (χ0) is 22.9. The van der Waals surface area contributed by atoms with Gasteiger partial charge in [0.2, 0.25) is 0 Å². The van der Waals surface area contributed by atoms with Crippen molar-refractivity contribution in [1.82, 2.24) is 4.90 Å². The molecular formula is C27H30N4O2. The Hall–Kier alpha value is -3.51. The van der Waals surface area contributed by atoms with E-state index in [2.05, 4.69) is 48.2 Å². The van der Waals surface area contributed by atoms with Crippen LogP contribution in [0, 0.1) is 6.92 Å². The van der Waals surface area contributed by atoms with Crippen molar-refractivity contribution in [3.8, 4) is 11.1 Å². The Bertz CT molecular complexity index is 1140. The smallest absolute Gasteiger partial charge is 0.409 e. The molecule has 1 fully saturated rings. The van der Waals surface area contributed by atoms with Crippen LogP contribution in [0.1, 0.15) is 28.2 Å². The van der Waals surface area contributed by atoms with E-state index in [1.165, 1.54) is 22.3 Å². The van der Waals surface area contributed by atoms with Gasteiger partial charge in [-0.25, -0.2) is 4.79 Å². The van der Waals surface area contributed by atoms with Gasteiger partial charge in [0.25, 0.3) is 0 Å². The standard InChI is InChI=1S/C27H30N4O2/c1-18-19(16-28)14-20(29)15-26(18)30-10-12-31(13-11-30)27(32)33-17-25-23-8-4-2-6-21(23)22-7-3-5-9-24(22)25/h2-9,14-15,25H,10-13,16-17,28-29H2,1H3. The van der Waals surface area contributed by atoms with Crippen LogP contribution in [0.15, 0.2) is 60.7 Å². The maximum Gasteiger partial charge on any atom is 0.409 e. The van der Waals surface area contributed by atoms with Gasteiger partial charge < -0.3 is 26.0 Å². The van der Waals surface area contributed by atoms with Crippen molar-refractivity contribution >= 4 is 17.5 Å². The van der Waals surface area contributed by atoms with Gasteiger partial charge >= 0.3 is 6.09 Å². The van der Waals surface area contributed by atoms with Crippen molar-refractivity contribution in [3.63, 3.8) is 0 Å². The molecule has 0 unspecified atom stereocenters. The summed E-state index contributed by atoms with van der Waals surface area (Å²) in [6.07, 6.45) is -0.247. The molecule has 1 saturated heterocycles. The lowest BCUT2D eigenvalue weighted by Gasteiger charge is -2.36. The highest BCUT2D eigenvalue weighted by molar-refractivity contribution is 5.79. The van der Waals surface area contributed by atoms with Crippen LogP contribution in [0.5, 0.6) is 0 Å². The topological polar surface area (TPSA) is 84.8 Å². The number of nitrogens with zero attached hydrogens (tertiary/aromatic N) is 2. The van der Waals surface area contributed by atoms with Crippen LogP contribution < -0.4 is 16.4 Å². The number of fused-ring (bicyclic) bond motifs is 3. The third kappa shape index (κ3) is 3.91. The molecule has 4 N–H and O–H groups in total. The highest BCUT2D eigenvalue weighted by atomic mass is 16.6. The number of anilines is 2. The summed E-state index contributed by atoms with van der Waals surface area (Å²) in [4.78, 5) is 17.0. The monoisotopic (exact) mass is 442 g/mol. The number of benzene rings is 3. The van der Waals surface area contributed by atoms with Gasteiger partial charge in [0.1, 0.15) is 6.61 Å². The van der Waals surface area contributed by atoms with Crippen LogP contribution >= 0.6 is 0 Å². The fourth-order valence-corrected chi connectivity index (χ4v) is 5.14. The fraction of sp³-hybridized carbons (Fsp3) is 0.296. The quantitative estimate of drug-likeness (QED) is 0.594. The van der Waals surface area contributed by atoms with E-state index in [0.29, 0.717) is 26.2 Å². The summed E-state index contributed by atoms with van der Waals surface area (Å²) in [6, 6.07) is 20.7. The number of rotatable bonds is 4. The maximum absolute atomic E-state index is 12.9. The molecule has 6 nitrogen and oxygen atoms in total. The highest BCUT2D eigenvalue weighted by Gasteiger charge is 2.30. The van der Waals surface area contributed by atoms with E-state index in [-0.39, 0.29) is 12.0 Å². The SMILES string of the molecule is Cc1c(CN)cc(N)cc1N1CCN(C(=O)OCC2c3ccccc3-c3ccccc32)CC1. The first-order chi connectivity index (χ1) is 16.1. The average Bonchev–Trinajstić information content (AvgIpc) is 3.17. The average molecular weight is 443 g/mol. The number of carbonyl (C=O) groups excluding carboxylic acids is 1. The number of ether oxygens (including phenoxy) is 1. The van der Waals surface area contributed by atoms with Crippen LogP contribution in [0.25, 0.3) is 11.1 Å². The third-order valence-electron chi connectivity index (χ3n) is 6.94. The Morgan fingerprint density at radius 1 is 0.970 bits per heavy atom. The molecule has 0 radical (unpaired) electrons. The van der Waals surface area contributed by atoms with Crippen LogP contribution in [0.3, 0.4) is 0 Å². The molecule has 1 heterocycles. The highest BCUT2D eigenvalue weighted by Crippen LogP contribution is 2.44. The molecular weight excluding hydrogens is 412 g/mol. The molecule has 0 saturated carbocycles. The minimum atomic E-state index is -0.247. The van der Waals surface area contributed by atoms with Crippen LogP contribution in [0.4, 0.5) is 16.2 Å². The van der Waals surface area contributed by atoms with Gasteiger partial charge in [-0.05, 0) is 52.4 Å². The minimum absolute atomic E-state index is 0.0762. The van der Waals surface area contributed by atoms with Gasteiger partial charge in [-0.3, -0.25) is 0 Å². The Morgan fingerprint density at radius 2 is 1.58 bits per heavy atom. The first-order valence-corrected chi connectivity index (χ1v) is 11.5. The van der Waals surface area contributed by atoms with Crippen molar-refractivity contribution < 1.29 is 9.53 Å². The van der Waals surface area contributed by atoms with Crippen LogP contribution in [0.2, 0.25) is 0 Å². The summed E-state index contributed by atoms with van der Waals surface area (Å²) in [6.45, 7) is 5.59. The maximum atomic E-state index is 12.9. The van der Waals surface area contributed by atoms with E-state index in [4.69, 9.17) is 16.2 Å². The van der Waals surface area contributed by atoms with Crippen LogP contribution in [-0.2, 0) is 11.3 Å². The predicted molar refractivity (Wildman–Crippen MR) is 132 cm³/mol. The van der Waals surface area contributed by atoms with E-state index >= 15 is 0 Å². The lowest BCUT2D eigenvalue weighted by molar-refractivity contribution is 0.0977. The van der Waals surface area contributed by atoms with Crippen molar-refractivity contribution in [2.45, 2.75) is 19.4 Å². The molecule has 3 aromatic rings. The summed E-state index contributed by atoms with van der Waals surface area (Å²) >= 11 is 0. The summed E-state index contributed by atoms with van der Waals surface area (Å²) in [5, 5.41) is 0. The molecule has 0 aromatic heterocycles. The fourth-order valence-electron chi connectivity index (χ4n) is 5.14. The molecule has 33 heavy (non-hydrogen) atoms. The van der Waals surface area contributed by atoms with E-state index in [0.717, 1.165) is 35.6 Å². The number of hydrogen-bond donors (Lipinski definition) is 2. The van der Waals surface area contributed by atoms with Gasteiger partial charge in [-0.2, -0.15) is 0 Å². The Balaban J connectivity index is 1.23. The minimum Gasteiger partial charge on any atom is -0.448 e. The molecule has 170 valence electrons. The lowest BCUT2D eigenvalue weighted by Crippen LogP contribution is -2.49. The molecule has 0 spiro atoms. The van der Waals surface area contributed by atoms with E-state index in [9.17, 15) is 4.79 Å². The first-order valence-electron chi connectivity index (χ1n) is 11.5. The number of hydrogen-bond acceptors (Lipinski definition) is 5. The molecule has 5 rings (SSSR count). The number of nitrogens with two attached hydrogens (primary N) is 2. The third-order valence-corrected chi connectivity index (χ3v) is 6.94. The number of amides is 1. The largest absolute Gasteiger partial charge is 0.448 e. The second-order valence-corrected chi connectivity index (χ2v) is 8.81. The first kappa shape index (κ1) is 21.3. The van der Waals surface area contributed by atoms with E-state index in [1.54, 1.807) is 4.90 Å². The van der Waals surface area contributed by atoms with E-state index < -0.39 is 0 Å². The number of carbonyl (C=O) groups is 1. The van der Waals surface area contributed by atoms with Crippen molar-refractivity contribution in [2.24, 2.45) is 5.73 Å². The predicted octanol–water partition coefficient (Wildman–Crippen LogP) is 4.11. The second kappa shape index (κ2) is 8.79.